The zero-order chi connectivity index (χ0) is 15.0. The van der Waals surface area contributed by atoms with Crippen LogP contribution in [-0.4, -0.2) is 20.7 Å². The first-order valence-electron chi connectivity index (χ1n) is 6.61. The van der Waals surface area contributed by atoms with Gasteiger partial charge in [0.2, 0.25) is 0 Å². The van der Waals surface area contributed by atoms with Gasteiger partial charge in [-0.3, -0.25) is 4.31 Å². The number of rotatable bonds is 2. The Morgan fingerprint density at radius 1 is 1.14 bits per heavy atom. The smallest absolute Gasteiger partial charge is 0.264 e. The minimum Gasteiger partial charge on any atom is -0.398 e. The van der Waals surface area contributed by atoms with Crippen LogP contribution in [0.3, 0.4) is 0 Å². The number of thioether (sulfide) groups is 1. The lowest BCUT2D eigenvalue weighted by molar-refractivity contribution is 0.591. The van der Waals surface area contributed by atoms with E-state index in [1.165, 1.54) is 4.31 Å². The molecule has 2 aromatic rings. The Balaban J connectivity index is 2.14. The molecule has 21 heavy (non-hydrogen) atoms. The third-order valence-electron chi connectivity index (χ3n) is 3.58. The van der Waals surface area contributed by atoms with Crippen molar-refractivity contribution in [2.24, 2.45) is 0 Å². The van der Waals surface area contributed by atoms with Gasteiger partial charge in [-0.2, -0.15) is 0 Å². The quantitative estimate of drug-likeness (QED) is 0.864. The predicted molar refractivity (Wildman–Crippen MR) is 87.3 cm³/mol. The van der Waals surface area contributed by atoms with E-state index in [2.05, 4.69) is 0 Å². The van der Waals surface area contributed by atoms with E-state index < -0.39 is 10.0 Å². The molecule has 0 radical (unpaired) electrons. The van der Waals surface area contributed by atoms with Crippen LogP contribution in [0, 0.1) is 6.92 Å². The summed E-state index contributed by atoms with van der Waals surface area (Å²) >= 11 is 1.68. The van der Waals surface area contributed by atoms with E-state index in [-0.39, 0.29) is 4.90 Å². The Morgan fingerprint density at radius 2 is 1.90 bits per heavy atom. The summed E-state index contributed by atoms with van der Waals surface area (Å²) in [5.41, 5.74) is 7.70. The fraction of sp³-hybridized carbons (Fsp3) is 0.200. The van der Waals surface area contributed by atoms with Crippen molar-refractivity contribution in [3.63, 3.8) is 0 Å². The SMILES string of the molecule is Cc1c(N)cccc1S(=O)(=O)N1CCSc2ccccc21. The Morgan fingerprint density at radius 3 is 2.71 bits per heavy atom. The van der Waals surface area contributed by atoms with Crippen LogP contribution in [0.1, 0.15) is 5.56 Å². The molecule has 1 aliphatic heterocycles. The summed E-state index contributed by atoms with van der Waals surface area (Å²) in [6.45, 7) is 2.21. The summed E-state index contributed by atoms with van der Waals surface area (Å²) in [5.74, 6) is 0.748. The highest BCUT2D eigenvalue weighted by molar-refractivity contribution is 8.00. The zero-order valence-corrected chi connectivity index (χ0v) is 13.2. The topological polar surface area (TPSA) is 63.4 Å². The maximum absolute atomic E-state index is 13.0. The van der Waals surface area contributed by atoms with Crippen LogP contribution in [0.25, 0.3) is 0 Å². The molecule has 0 saturated carbocycles. The lowest BCUT2D eigenvalue weighted by atomic mass is 10.2. The van der Waals surface area contributed by atoms with Gasteiger partial charge in [-0.1, -0.05) is 18.2 Å². The van der Waals surface area contributed by atoms with Crippen LogP contribution in [0.4, 0.5) is 11.4 Å². The summed E-state index contributed by atoms with van der Waals surface area (Å²) in [6, 6.07) is 12.6. The van der Waals surface area contributed by atoms with Gasteiger partial charge in [0.1, 0.15) is 0 Å². The van der Waals surface area contributed by atoms with Crippen molar-refractivity contribution in [1.82, 2.24) is 0 Å². The molecule has 3 rings (SSSR count). The normalized spacial score (nSPS) is 14.8. The van der Waals surface area contributed by atoms with Crippen molar-refractivity contribution in [1.29, 1.82) is 0 Å². The van der Waals surface area contributed by atoms with Gasteiger partial charge in [-0.25, -0.2) is 8.42 Å². The first kappa shape index (κ1) is 14.3. The number of sulfonamides is 1. The third-order valence-corrected chi connectivity index (χ3v) is 6.58. The highest BCUT2D eigenvalue weighted by Crippen LogP contribution is 2.38. The summed E-state index contributed by atoms with van der Waals surface area (Å²) in [5, 5.41) is 0. The average Bonchev–Trinajstić information content (AvgIpc) is 2.49. The van der Waals surface area contributed by atoms with E-state index in [0.29, 0.717) is 17.8 Å². The molecular weight excluding hydrogens is 304 g/mol. The average molecular weight is 320 g/mol. The highest BCUT2D eigenvalue weighted by atomic mass is 32.2. The van der Waals surface area contributed by atoms with Crippen molar-refractivity contribution in [3.05, 3.63) is 48.0 Å². The van der Waals surface area contributed by atoms with E-state index in [0.717, 1.165) is 16.3 Å². The Hall–Kier alpha value is -1.66. The van der Waals surface area contributed by atoms with Crippen molar-refractivity contribution in [3.8, 4) is 0 Å². The van der Waals surface area contributed by atoms with Gasteiger partial charge in [0, 0.05) is 22.9 Å². The third kappa shape index (κ3) is 2.38. The Bertz CT molecular complexity index is 788. The zero-order valence-electron chi connectivity index (χ0n) is 11.6. The second-order valence-electron chi connectivity index (χ2n) is 4.86. The molecule has 0 fully saturated rings. The first-order chi connectivity index (χ1) is 10.0. The maximum Gasteiger partial charge on any atom is 0.264 e. The van der Waals surface area contributed by atoms with E-state index in [1.54, 1.807) is 36.9 Å². The molecule has 110 valence electrons. The number of nitrogen functional groups attached to an aromatic ring is 1. The molecule has 6 heteroatoms. The van der Waals surface area contributed by atoms with Crippen LogP contribution in [0.5, 0.6) is 0 Å². The minimum absolute atomic E-state index is 0.282. The second-order valence-corrected chi connectivity index (χ2v) is 7.83. The molecule has 2 aromatic carbocycles. The summed E-state index contributed by atoms with van der Waals surface area (Å²) in [7, 11) is -3.59. The van der Waals surface area contributed by atoms with E-state index in [9.17, 15) is 8.42 Å². The van der Waals surface area contributed by atoms with Crippen LogP contribution in [-0.2, 0) is 10.0 Å². The predicted octanol–water partition coefficient (Wildman–Crippen LogP) is 2.88. The molecule has 0 saturated heterocycles. The molecule has 0 atom stereocenters. The molecule has 1 aliphatic rings. The maximum atomic E-state index is 13.0. The van der Waals surface area contributed by atoms with Gasteiger partial charge in [-0.05, 0) is 36.8 Å². The van der Waals surface area contributed by atoms with Gasteiger partial charge >= 0.3 is 0 Å². The van der Waals surface area contributed by atoms with Crippen molar-refractivity contribution >= 4 is 33.2 Å². The van der Waals surface area contributed by atoms with Gasteiger partial charge in [0.05, 0.1) is 10.6 Å². The number of anilines is 2. The first-order valence-corrected chi connectivity index (χ1v) is 9.04. The molecule has 0 bridgehead atoms. The number of nitrogens with two attached hydrogens (primary N) is 1. The fourth-order valence-electron chi connectivity index (χ4n) is 2.42. The van der Waals surface area contributed by atoms with Crippen molar-refractivity contribution in [2.75, 3.05) is 22.3 Å². The number of nitrogens with zero attached hydrogens (tertiary/aromatic N) is 1. The number of fused-ring (bicyclic) bond motifs is 1. The second kappa shape index (κ2) is 5.27. The molecular formula is C15H16N2O2S2. The standard InChI is InChI=1S/C15H16N2O2S2/c1-11-12(16)5-4-8-15(11)21(18,19)17-9-10-20-14-7-3-2-6-13(14)17/h2-8H,9-10,16H2,1H3. The van der Waals surface area contributed by atoms with E-state index in [1.807, 2.05) is 24.3 Å². The fourth-order valence-corrected chi connectivity index (χ4v) is 5.33. The number of para-hydroxylation sites is 1. The molecule has 0 aliphatic carbocycles. The number of benzene rings is 2. The molecule has 0 amide bonds. The minimum atomic E-state index is -3.59. The Kier molecular flexibility index (Phi) is 3.59. The van der Waals surface area contributed by atoms with Gasteiger partial charge in [0.25, 0.3) is 10.0 Å². The van der Waals surface area contributed by atoms with Crippen LogP contribution >= 0.6 is 11.8 Å². The van der Waals surface area contributed by atoms with Gasteiger partial charge < -0.3 is 5.73 Å². The summed E-state index contributed by atoms with van der Waals surface area (Å²) in [4.78, 5) is 1.28. The molecule has 1 heterocycles. The lowest BCUT2D eigenvalue weighted by Crippen LogP contribution is -2.35. The Labute approximate surface area is 129 Å². The van der Waals surface area contributed by atoms with Crippen LogP contribution in [0.2, 0.25) is 0 Å². The largest absolute Gasteiger partial charge is 0.398 e. The summed E-state index contributed by atoms with van der Waals surface area (Å²) in [6.07, 6.45) is 0. The monoisotopic (exact) mass is 320 g/mol. The number of hydrogen-bond acceptors (Lipinski definition) is 4. The van der Waals surface area contributed by atoms with Crippen molar-refractivity contribution in [2.45, 2.75) is 16.7 Å². The lowest BCUT2D eigenvalue weighted by Gasteiger charge is -2.30. The molecule has 0 unspecified atom stereocenters. The molecule has 2 N–H and O–H groups in total. The molecule has 4 nitrogen and oxygen atoms in total. The van der Waals surface area contributed by atoms with Crippen LogP contribution < -0.4 is 10.0 Å². The van der Waals surface area contributed by atoms with E-state index in [4.69, 9.17) is 5.73 Å². The van der Waals surface area contributed by atoms with Crippen molar-refractivity contribution < 1.29 is 8.42 Å². The van der Waals surface area contributed by atoms with Gasteiger partial charge in [-0.15, -0.1) is 11.8 Å². The highest BCUT2D eigenvalue weighted by Gasteiger charge is 2.30. The van der Waals surface area contributed by atoms with E-state index >= 15 is 0 Å². The summed E-state index contributed by atoms with van der Waals surface area (Å²) < 4.78 is 27.5. The van der Waals surface area contributed by atoms with Crippen LogP contribution in [0.15, 0.2) is 52.3 Å². The van der Waals surface area contributed by atoms with Gasteiger partial charge in [0.15, 0.2) is 0 Å². The number of hydrogen-bond donors (Lipinski definition) is 1. The molecule has 0 aromatic heterocycles. The molecule has 0 spiro atoms.